The van der Waals surface area contributed by atoms with Gasteiger partial charge < -0.3 is 81.0 Å². The number of amides is 6. The molecule has 6 amide bonds. The first-order valence-electron chi connectivity index (χ1n) is 18.0. The van der Waals surface area contributed by atoms with Crippen LogP contribution in [-0.4, -0.2) is 148 Å². The van der Waals surface area contributed by atoms with Crippen LogP contribution in [0.5, 0.6) is 0 Å². The van der Waals surface area contributed by atoms with E-state index in [0.29, 0.717) is 6.42 Å². The van der Waals surface area contributed by atoms with Gasteiger partial charge in [-0.3, -0.25) is 53.1 Å². The van der Waals surface area contributed by atoms with Crippen molar-refractivity contribution < 1.29 is 68.4 Å². The number of carbonyl (C=O) groups is 10. The van der Waals surface area contributed by atoms with Crippen molar-refractivity contribution in [2.24, 2.45) is 44.6 Å². The molecule has 0 aliphatic rings. The van der Waals surface area contributed by atoms with Crippen molar-refractivity contribution in [3.8, 4) is 0 Å². The Kier molecular flexibility index (Phi) is 23.8. The number of aliphatic imine (C=N–C) groups is 2. The Bertz CT molecular complexity index is 1580. The van der Waals surface area contributed by atoms with Crippen molar-refractivity contribution in [2.75, 3.05) is 19.6 Å². The molecular formula is C32H55N13O14. The molecule has 332 valence electrons. The summed E-state index contributed by atoms with van der Waals surface area (Å²) >= 11 is 0. The summed E-state index contributed by atoms with van der Waals surface area (Å²) in [6, 6.07) is -9.79. The molecule has 0 saturated heterocycles. The first kappa shape index (κ1) is 52.2. The van der Waals surface area contributed by atoms with Crippen molar-refractivity contribution in [1.82, 2.24) is 31.9 Å². The molecule has 0 aromatic carbocycles. The van der Waals surface area contributed by atoms with E-state index in [1.165, 1.54) is 13.8 Å². The SMILES string of the molecule is CC(C)[C@H](NC(=O)[C@H](CC(=O)O)NC(=O)[C@H](CCC(=O)O)NC(=O)[C@H](CCCN=C(N)N)NC(=O)[C@H](CC(=O)O)NC(=O)CNC(=O)[C@@H](N)CCCN=C(N)N)C(=O)O. The van der Waals surface area contributed by atoms with Crippen molar-refractivity contribution >= 4 is 71.2 Å². The predicted molar refractivity (Wildman–Crippen MR) is 204 cm³/mol. The molecular weight excluding hydrogens is 790 g/mol. The quantitative estimate of drug-likeness (QED) is 0.0189. The Balaban J connectivity index is 6.26. The molecule has 0 radical (unpaired) electrons. The van der Waals surface area contributed by atoms with Crippen LogP contribution in [-0.2, 0) is 47.9 Å². The normalized spacial score (nSPS) is 13.7. The second-order valence-electron chi connectivity index (χ2n) is 13.2. The molecule has 0 saturated carbocycles. The van der Waals surface area contributed by atoms with E-state index < -0.39 is 134 Å². The maximum atomic E-state index is 13.6. The fourth-order valence-electron chi connectivity index (χ4n) is 4.86. The van der Waals surface area contributed by atoms with E-state index in [-0.39, 0.29) is 44.3 Å². The van der Waals surface area contributed by atoms with Crippen LogP contribution in [0.2, 0.25) is 0 Å². The molecule has 0 aliphatic heterocycles. The van der Waals surface area contributed by atoms with Gasteiger partial charge in [-0.1, -0.05) is 13.8 Å². The van der Waals surface area contributed by atoms with Crippen LogP contribution in [0.25, 0.3) is 0 Å². The van der Waals surface area contributed by atoms with E-state index in [9.17, 15) is 68.4 Å². The fraction of sp³-hybridized carbons (Fsp3) is 0.625. The summed E-state index contributed by atoms with van der Waals surface area (Å²) in [6.45, 7) is 2.23. The zero-order valence-electron chi connectivity index (χ0n) is 32.5. The van der Waals surface area contributed by atoms with Crippen LogP contribution in [0.3, 0.4) is 0 Å². The Labute approximate surface area is 337 Å². The molecule has 0 spiro atoms. The molecule has 0 unspecified atom stereocenters. The number of aliphatic carboxylic acids is 4. The molecule has 0 rings (SSSR count). The lowest BCUT2D eigenvalue weighted by Gasteiger charge is -2.26. The van der Waals surface area contributed by atoms with Crippen LogP contribution < -0.4 is 60.6 Å². The summed E-state index contributed by atoms with van der Waals surface area (Å²) in [4.78, 5) is 132. The Hall–Kier alpha value is -6.80. The highest BCUT2D eigenvalue weighted by Crippen LogP contribution is 2.08. The number of hydrogen-bond donors (Lipinski definition) is 15. The maximum Gasteiger partial charge on any atom is 0.326 e. The summed E-state index contributed by atoms with van der Waals surface area (Å²) in [5, 5.41) is 50.6. The minimum Gasteiger partial charge on any atom is -0.481 e. The van der Waals surface area contributed by atoms with E-state index in [4.69, 9.17) is 28.7 Å². The van der Waals surface area contributed by atoms with Crippen LogP contribution >= 0.6 is 0 Å². The Morgan fingerprint density at radius 1 is 0.542 bits per heavy atom. The van der Waals surface area contributed by atoms with Crippen LogP contribution in [0.15, 0.2) is 9.98 Å². The number of nitrogens with one attached hydrogen (secondary N) is 6. The molecule has 27 nitrogen and oxygen atoms in total. The monoisotopic (exact) mass is 845 g/mol. The molecule has 20 N–H and O–H groups in total. The third kappa shape index (κ3) is 23.1. The molecule has 0 aliphatic carbocycles. The van der Waals surface area contributed by atoms with E-state index in [2.05, 4.69) is 41.9 Å². The van der Waals surface area contributed by atoms with E-state index in [1.54, 1.807) is 0 Å². The maximum absolute atomic E-state index is 13.6. The van der Waals surface area contributed by atoms with Gasteiger partial charge in [0.15, 0.2) is 11.9 Å². The molecule has 0 heterocycles. The second-order valence-corrected chi connectivity index (χ2v) is 13.2. The smallest absolute Gasteiger partial charge is 0.326 e. The average molecular weight is 846 g/mol. The lowest BCUT2D eigenvalue weighted by Crippen LogP contribution is -2.59. The zero-order valence-corrected chi connectivity index (χ0v) is 32.5. The number of hydrogen-bond acceptors (Lipinski definition) is 13. The Morgan fingerprint density at radius 3 is 1.41 bits per heavy atom. The highest BCUT2D eigenvalue weighted by Gasteiger charge is 2.34. The molecule has 0 bridgehead atoms. The third-order valence-electron chi connectivity index (χ3n) is 7.86. The average Bonchev–Trinajstić information content (AvgIpc) is 3.12. The molecule has 59 heavy (non-hydrogen) atoms. The summed E-state index contributed by atoms with van der Waals surface area (Å²) in [7, 11) is 0. The molecule has 6 atom stereocenters. The highest BCUT2D eigenvalue weighted by molar-refractivity contribution is 5.98. The van der Waals surface area contributed by atoms with Crippen LogP contribution in [0, 0.1) is 5.92 Å². The van der Waals surface area contributed by atoms with E-state index in [1.807, 2.05) is 0 Å². The number of rotatable bonds is 29. The van der Waals surface area contributed by atoms with Crippen molar-refractivity contribution in [1.29, 1.82) is 0 Å². The van der Waals surface area contributed by atoms with Gasteiger partial charge in [-0.25, -0.2) is 4.79 Å². The van der Waals surface area contributed by atoms with Crippen molar-refractivity contribution in [3.05, 3.63) is 0 Å². The Morgan fingerprint density at radius 2 is 0.966 bits per heavy atom. The largest absolute Gasteiger partial charge is 0.481 e. The summed E-state index contributed by atoms with van der Waals surface area (Å²) in [6.07, 6.45) is -3.36. The van der Waals surface area contributed by atoms with Gasteiger partial charge in [0.1, 0.15) is 30.2 Å². The molecule has 27 heteroatoms. The number of nitrogens with zero attached hydrogens (tertiary/aromatic N) is 2. The molecule has 0 aromatic heterocycles. The number of guanidine groups is 2. The highest BCUT2D eigenvalue weighted by atomic mass is 16.4. The van der Waals surface area contributed by atoms with Gasteiger partial charge in [-0.05, 0) is 38.0 Å². The first-order chi connectivity index (χ1) is 27.4. The van der Waals surface area contributed by atoms with Crippen molar-refractivity contribution in [3.63, 3.8) is 0 Å². The minimum atomic E-state index is -1.91. The number of carbonyl (C=O) groups excluding carboxylic acids is 6. The van der Waals surface area contributed by atoms with Gasteiger partial charge in [-0.2, -0.15) is 0 Å². The van der Waals surface area contributed by atoms with Crippen LogP contribution in [0.4, 0.5) is 0 Å². The first-order valence-corrected chi connectivity index (χ1v) is 18.0. The van der Waals surface area contributed by atoms with Gasteiger partial charge >= 0.3 is 23.9 Å². The summed E-state index contributed by atoms with van der Waals surface area (Å²) in [5.74, 6) is -13.9. The number of carboxylic acids is 4. The van der Waals surface area contributed by atoms with Gasteiger partial charge in [0.05, 0.1) is 25.4 Å². The zero-order chi connectivity index (χ0) is 45.4. The summed E-state index contributed by atoms with van der Waals surface area (Å²) in [5.41, 5.74) is 26.9. The lowest BCUT2D eigenvalue weighted by molar-refractivity contribution is -0.144. The third-order valence-corrected chi connectivity index (χ3v) is 7.86. The fourth-order valence-corrected chi connectivity index (χ4v) is 4.86. The van der Waals surface area contributed by atoms with Gasteiger partial charge in [0.25, 0.3) is 0 Å². The van der Waals surface area contributed by atoms with Crippen LogP contribution in [0.1, 0.15) is 65.2 Å². The van der Waals surface area contributed by atoms with E-state index in [0.717, 1.165) is 0 Å². The number of nitrogens with two attached hydrogens (primary N) is 5. The number of carboxylic acid groups (broad SMARTS) is 4. The summed E-state index contributed by atoms with van der Waals surface area (Å²) < 4.78 is 0. The standard InChI is InChI=1S/C32H55N13O14/c1-14(2)24(30(58)59)45-29(57)19(12-23(51)52)44-27(55)17(7-8-21(47)48)43-26(54)16(6-4-10-39-32(36)37)42-28(56)18(11-22(49)50)41-20(46)13-40-25(53)15(33)5-3-9-38-31(34)35/h14-19,24H,3-13,33H2,1-2H3,(H,40,53)(H,41,46)(H,42,56)(H,43,54)(H,44,55)(H,45,57)(H,47,48)(H,49,50)(H,51,52)(H,58,59)(H4,34,35,38)(H4,36,37,39)/t15-,16-,17-,18-,19-,24-/m0/s1. The minimum absolute atomic E-state index is 0.0299. The topological polar surface area (TPSA) is 479 Å². The van der Waals surface area contributed by atoms with Crippen molar-refractivity contribution in [2.45, 2.75) is 101 Å². The van der Waals surface area contributed by atoms with E-state index >= 15 is 0 Å². The molecule has 0 aromatic rings. The second kappa shape index (κ2) is 26.9. The predicted octanol–water partition coefficient (Wildman–Crippen LogP) is -6.48. The van der Waals surface area contributed by atoms with Gasteiger partial charge in [0, 0.05) is 19.5 Å². The van der Waals surface area contributed by atoms with Gasteiger partial charge in [-0.15, -0.1) is 0 Å². The van der Waals surface area contributed by atoms with Gasteiger partial charge in [0.2, 0.25) is 35.4 Å². The molecule has 0 fully saturated rings. The lowest BCUT2D eigenvalue weighted by atomic mass is 10.0.